The SMILES string of the molecule is CCC(C)c1cc(C)n2nc(-c3ccc(Cl)cc3OC)n(C)c(=O)c12. The summed E-state index contributed by atoms with van der Waals surface area (Å²) in [4.78, 5) is 13.1. The van der Waals surface area contributed by atoms with E-state index in [0.29, 0.717) is 28.0 Å². The average molecular weight is 360 g/mol. The van der Waals surface area contributed by atoms with Crippen LogP contribution in [0, 0.1) is 6.92 Å². The van der Waals surface area contributed by atoms with Gasteiger partial charge in [0.1, 0.15) is 11.3 Å². The molecule has 132 valence electrons. The number of methoxy groups -OCH3 is 1. The molecule has 0 saturated carbocycles. The minimum absolute atomic E-state index is 0.0644. The number of fused-ring (bicyclic) bond motifs is 1. The van der Waals surface area contributed by atoms with Crippen molar-refractivity contribution < 1.29 is 4.74 Å². The van der Waals surface area contributed by atoms with Gasteiger partial charge in [0.2, 0.25) is 0 Å². The molecule has 0 aliphatic carbocycles. The zero-order valence-electron chi connectivity index (χ0n) is 15.1. The van der Waals surface area contributed by atoms with Crippen molar-refractivity contribution in [2.24, 2.45) is 7.05 Å². The lowest BCUT2D eigenvalue weighted by molar-refractivity contribution is 0.415. The number of ether oxygens (including phenoxy) is 1. The van der Waals surface area contributed by atoms with E-state index >= 15 is 0 Å². The van der Waals surface area contributed by atoms with Crippen LogP contribution in [0.3, 0.4) is 0 Å². The molecule has 1 aromatic carbocycles. The van der Waals surface area contributed by atoms with Crippen molar-refractivity contribution in [1.82, 2.24) is 14.2 Å². The standard InChI is InChI=1S/C19H22ClN3O2/c1-6-11(2)15-9-12(3)23-17(15)19(24)22(4)18(21-23)14-8-7-13(20)10-16(14)25-5/h7-11H,6H2,1-5H3. The van der Waals surface area contributed by atoms with Gasteiger partial charge < -0.3 is 4.74 Å². The maximum Gasteiger partial charge on any atom is 0.278 e. The fourth-order valence-electron chi connectivity index (χ4n) is 3.09. The Labute approximate surface area is 151 Å². The van der Waals surface area contributed by atoms with Gasteiger partial charge in [-0.1, -0.05) is 25.4 Å². The van der Waals surface area contributed by atoms with Crippen LogP contribution >= 0.6 is 11.6 Å². The Morgan fingerprint density at radius 3 is 2.68 bits per heavy atom. The Kier molecular flexibility index (Phi) is 4.60. The van der Waals surface area contributed by atoms with Crippen molar-refractivity contribution in [2.75, 3.05) is 7.11 Å². The normalized spacial score (nSPS) is 12.6. The van der Waals surface area contributed by atoms with Gasteiger partial charge in [-0.3, -0.25) is 9.36 Å². The molecule has 2 aromatic heterocycles. The third-order valence-corrected chi connectivity index (χ3v) is 4.99. The van der Waals surface area contributed by atoms with Crippen molar-refractivity contribution in [2.45, 2.75) is 33.1 Å². The first-order chi connectivity index (χ1) is 11.9. The number of halogens is 1. The zero-order valence-corrected chi connectivity index (χ0v) is 15.9. The molecule has 3 aromatic rings. The Morgan fingerprint density at radius 1 is 1.32 bits per heavy atom. The summed E-state index contributed by atoms with van der Waals surface area (Å²) in [5, 5.41) is 5.31. The van der Waals surface area contributed by atoms with E-state index in [-0.39, 0.29) is 5.56 Å². The number of hydrogen-bond acceptors (Lipinski definition) is 3. The number of benzene rings is 1. The van der Waals surface area contributed by atoms with Crippen molar-refractivity contribution in [3.63, 3.8) is 0 Å². The summed E-state index contributed by atoms with van der Waals surface area (Å²) in [6.45, 7) is 6.22. The molecule has 0 amide bonds. The third-order valence-electron chi connectivity index (χ3n) is 4.75. The van der Waals surface area contributed by atoms with Gasteiger partial charge in [-0.15, -0.1) is 5.10 Å². The summed E-state index contributed by atoms with van der Waals surface area (Å²) in [5.41, 5.74) is 3.29. The van der Waals surface area contributed by atoms with Crippen LogP contribution in [0.15, 0.2) is 29.1 Å². The van der Waals surface area contributed by atoms with Gasteiger partial charge in [-0.05, 0) is 49.1 Å². The van der Waals surface area contributed by atoms with E-state index in [9.17, 15) is 4.79 Å². The lowest BCUT2D eigenvalue weighted by Crippen LogP contribution is -2.24. The predicted molar refractivity (Wildman–Crippen MR) is 101 cm³/mol. The predicted octanol–water partition coefficient (Wildman–Crippen LogP) is 4.18. The van der Waals surface area contributed by atoms with Crippen LogP contribution in [0.1, 0.15) is 37.4 Å². The van der Waals surface area contributed by atoms with E-state index in [4.69, 9.17) is 21.4 Å². The second-order valence-electron chi connectivity index (χ2n) is 6.34. The lowest BCUT2D eigenvalue weighted by atomic mass is 10.00. The molecular formula is C19H22ClN3O2. The highest BCUT2D eigenvalue weighted by Gasteiger charge is 2.20. The van der Waals surface area contributed by atoms with Crippen molar-refractivity contribution in [3.8, 4) is 17.1 Å². The first-order valence-corrected chi connectivity index (χ1v) is 8.70. The minimum Gasteiger partial charge on any atom is -0.496 e. The van der Waals surface area contributed by atoms with Crippen LogP contribution in [0.4, 0.5) is 0 Å². The second kappa shape index (κ2) is 6.56. The van der Waals surface area contributed by atoms with Crippen LogP contribution in [0.2, 0.25) is 5.02 Å². The molecule has 2 heterocycles. The molecule has 3 rings (SSSR count). The van der Waals surface area contributed by atoms with E-state index in [1.807, 2.05) is 13.0 Å². The summed E-state index contributed by atoms with van der Waals surface area (Å²) >= 11 is 6.05. The van der Waals surface area contributed by atoms with Gasteiger partial charge in [0.05, 0.1) is 12.7 Å². The van der Waals surface area contributed by atoms with E-state index in [0.717, 1.165) is 23.2 Å². The van der Waals surface area contributed by atoms with Gasteiger partial charge in [0.25, 0.3) is 5.56 Å². The Morgan fingerprint density at radius 2 is 2.04 bits per heavy atom. The van der Waals surface area contributed by atoms with Gasteiger partial charge >= 0.3 is 0 Å². The van der Waals surface area contributed by atoms with E-state index in [1.54, 1.807) is 35.4 Å². The second-order valence-corrected chi connectivity index (χ2v) is 6.78. The molecule has 0 spiro atoms. The summed E-state index contributed by atoms with van der Waals surface area (Å²) in [7, 11) is 3.31. The van der Waals surface area contributed by atoms with Crippen LogP contribution in [0.5, 0.6) is 5.75 Å². The van der Waals surface area contributed by atoms with E-state index in [1.165, 1.54) is 0 Å². The van der Waals surface area contributed by atoms with Gasteiger partial charge in [-0.2, -0.15) is 0 Å². The smallest absolute Gasteiger partial charge is 0.278 e. The summed E-state index contributed by atoms with van der Waals surface area (Å²) in [6, 6.07) is 7.37. The fraction of sp³-hybridized carbons (Fsp3) is 0.368. The molecule has 0 aliphatic heterocycles. The molecule has 0 N–H and O–H groups in total. The molecule has 0 saturated heterocycles. The molecule has 25 heavy (non-hydrogen) atoms. The van der Waals surface area contributed by atoms with Crippen molar-refractivity contribution in [3.05, 3.63) is 50.9 Å². The van der Waals surface area contributed by atoms with Gasteiger partial charge in [0.15, 0.2) is 5.82 Å². The molecular weight excluding hydrogens is 338 g/mol. The Bertz CT molecular complexity index is 1000. The molecule has 0 aliphatic rings. The third kappa shape index (κ3) is 2.82. The summed E-state index contributed by atoms with van der Waals surface area (Å²) in [5.74, 6) is 1.43. The van der Waals surface area contributed by atoms with E-state index < -0.39 is 0 Å². The molecule has 0 radical (unpaired) electrons. The fourth-order valence-corrected chi connectivity index (χ4v) is 3.25. The summed E-state index contributed by atoms with van der Waals surface area (Å²) < 4.78 is 8.75. The van der Waals surface area contributed by atoms with Gasteiger partial charge in [0, 0.05) is 17.8 Å². The van der Waals surface area contributed by atoms with Crippen molar-refractivity contribution in [1.29, 1.82) is 0 Å². The maximum atomic E-state index is 13.1. The molecule has 1 unspecified atom stereocenters. The Balaban J connectivity index is 2.35. The topological polar surface area (TPSA) is 48.5 Å². The molecule has 1 atom stereocenters. The first kappa shape index (κ1) is 17.5. The molecule has 5 nitrogen and oxygen atoms in total. The van der Waals surface area contributed by atoms with Crippen LogP contribution < -0.4 is 10.3 Å². The van der Waals surface area contributed by atoms with Gasteiger partial charge in [-0.25, -0.2) is 4.52 Å². The average Bonchev–Trinajstić information content (AvgIpc) is 2.94. The first-order valence-electron chi connectivity index (χ1n) is 8.32. The minimum atomic E-state index is -0.0644. The highest BCUT2D eigenvalue weighted by molar-refractivity contribution is 6.30. The number of aryl methyl sites for hydroxylation is 1. The largest absolute Gasteiger partial charge is 0.496 e. The molecule has 0 bridgehead atoms. The summed E-state index contributed by atoms with van der Waals surface area (Å²) in [6.07, 6.45) is 0.967. The molecule has 0 fully saturated rings. The Hall–Kier alpha value is -2.27. The number of hydrogen-bond donors (Lipinski definition) is 0. The van der Waals surface area contributed by atoms with E-state index in [2.05, 4.69) is 19.9 Å². The zero-order chi connectivity index (χ0) is 18.3. The van der Waals surface area contributed by atoms with Crippen molar-refractivity contribution >= 4 is 17.1 Å². The number of aromatic nitrogens is 3. The van der Waals surface area contributed by atoms with Crippen LogP contribution in [-0.2, 0) is 7.05 Å². The quantitative estimate of drug-likeness (QED) is 0.702. The lowest BCUT2D eigenvalue weighted by Gasteiger charge is -2.14. The monoisotopic (exact) mass is 359 g/mol. The number of rotatable bonds is 4. The molecule has 6 heteroatoms. The van der Waals surface area contributed by atoms with Crippen LogP contribution in [0.25, 0.3) is 16.9 Å². The van der Waals surface area contributed by atoms with Crippen LogP contribution in [-0.4, -0.2) is 21.3 Å². The number of nitrogens with zero attached hydrogens (tertiary/aromatic N) is 3. The highest BCUT2D eigenvalue weighted by atomic mass is 35.5. The highest BCUT2D eigenvalue weighted by Crippen LogP contribution is 2.31. The maximum absolute atomic E-state index is 13.1.